The summed E-state index contributed by atoms with van der Waals surface area (Å²) >= 11 is 0. The van der Waals surface area contributed by atoms with Gasteiger partial charge in [-0.25, -0.2) is 13.2 Å². The Labute approximate surface area is 174 Å². The minimum atomic E-state index is -0.856. The Morgan fingerprint density at radius 1 is 1.15 bits per heavy atom. The number of hydrogen-bond acceptors (Lipinski definition) is 2. The van der Waals surface area contributed by atoms with E-state index >= 15 is 0 Å². The van der Waals surface area contributed by atoms with Crippen LogP contribution >= 0.6 is 24.0 Å². The molecule has 4 nitrogen and oxygen atoms in total. The quantitative estimate of drug-likeness (QED) is 0.376. The average Bonchev–Trinajstić information content (AvgIpc) is 2.62. The fraction of sp³-hybridized carbons (Fsp3) is 0.316. The van der Waals surface area contributed by atoms with Gasteiger partial charge in [-0.2, -0.15) is 0 Å². The molecule has 0 atom stereocenters. The Bertz CT molecular complexity index is 787. The van der Waals surface area contributed by atoms with E-state index in [1.54, 1.807) is 32.3 Å². The Balaban J connectivity index is 0.00000364. The number of halogens is 4. The minimum absolute atomic E-state index is 0. The van der Waals surface area contributed by atoms with Gasteiger partial charge in [-0.05, 0) is 35.7 Å². The molecule has 0 unspecified atom stereocenters. The summed E-state index contributed by atoms with van der Waals surface area (Å²) in [6, 6.07) is 8.87. The van der Waals surface area contributed by atoms with E-state index in [4.69, 9.17) is 4.74 Å². The first-order chi connectivity index (χ1) is 12.5. The molecule has 0 saturated carbocycles. The van der Waals surface area contributed by atoms with Gasteiger partial charge in [-0.15, -0.1) is 24.0 Å². The standard InChI is InChI=1S/C19H22F3N3O.HI/c1-23-19(24-10-9-14-5-4-6-15(20)18(14)22)25(2)12-13-7-8-17(26-3)16(21)11-13;/h4-8,11H,9-10,12H2,1-3H3,(H,23,24);1H. The lowest BCUT2D eigenvalue weighted by Gasteiger charge is -2.22. The van der Waals surface area contributed by atoms with Crippen LogP contribution in [0.5, 0.6) is 5.75 Å². The molecule has 1 N–H and O–H groups in total. The molecule has 0 radical (unpaired) electrons. The predicted octanol–water partition coefficient (Wildman–Crippen LogP) is 3.98. The number of hydrogen-bond donors (Lipinski definition) is 1. The van der Waals surface area contributed by atoms with Crippen LogP contribution < -0.4 is 10.1 Å². The van der Waals surface area contributed by atoms with Gasteiger partial charge >= 0.3 is 0 Å². The van der Waals surface area contributed by atoms with E-state index in [9.17, 15) is 13.2 Å². The van der Waals surface area contributed by atoms with E-state index in [-0.39, 0.29) is 29.7 Å². The fourth-order valence-corrected chi connectivity index (χ4v) is 2.59. The van der Waals surface area contributed by atoms with Gasteiger partial charge in [0.15, 0.2) is 29.2 Å². The molecule has 0 heterocycles. The molecule has 0 aliphatic carbocycles. The third kappa shape index (κ3) is 6.30. The summed E-state index contributed by atoms with van der Waals surface area (Å²) in [6.07, 6.45) is 0.313. The average molecular weight is 493 g/mol. The molecule has 2 aromatic carbocycles. The molecule has 2 aromatic rings. The number of benzene rings is 2. The number of nitrogens with one attached hydrogen (secondary N) is 1. The van der Waals surface area contributed by atoms with E-state index in [0.717, 1.165) is 11.6 Å². The van der Waals surface area contributed by atoms with Gasteiger partial charge in [0.05, 0.1) is 7.11 Å². The van der Waals surface area contributed by atoms with Crippen molar-refractivity contribution in [1.29, 1.82) is 0 Å². The number of guanidine groups is 1. The molecular formula is C19H23F3IN3O. The second-order valence-corrected chi connectivity index (χ2v) is 5.76. The predicted molar refractivity (Wildman–Crippen MR) is 111 cm³/mol. The molecule has 27 heavy (non-hydrogen) atoms. The topological polar surface area (TPSA) is 36.9 Å². The van der Waals surface area contributed by atoms with Crippen LogP contribution in [0.4, 0.5) is 13.2 Å². The van der Waals surface area contributed by atoms with Gasteiger partial charge in [-0.1, -0.05) is 18.2 Å². The maximum Gasteiger partial charge on any atom is 0.193 e. The van der Waals surface area contributed by atoms with E-state index in [2.05, 4.69) is 10.3 Å². The highest BCUT2D eigenvalue weighted by atomic mass is 127. The van der Waals surface area contributed by atoms with Crippen LogP contribution in [-0.2, 0) is 13.0 Å². The molecule has 0 aromatic heterocycles. The van der Waals surface area contributed by atoms with Crippen molar-refractivity contribution in [2.45, 2.75) is 13.0 Å². The first-order valence-corrected chi connectivity index (χ1v) is 8.13. The van der Waals surface area contributed by atoms with Crippen LogP contribution in [0.1, 0.15) is 11.1 Å². The van der Waals surface area contributed by atoms with Gasteiger partial charge in [0.25, 0.3) is 0 Å². The summed E-state index contributed by atoms with van der Waals surface area (Å²) in [5.74, 6) is -1.35. The van der Waals surface area contributed by atoms with Crippen molar-refractivity contribution in [3.8, 4) is 5.75 Å². The first kappa shape index (κ1) is 23.1. The normalized spacial score (nSPS) is 11.0. The molecule has 0 aliphatic heterocycles. The van der Waals surface area contributed by atoms with E-state index in [1.165, 1.54) is 19.2 Å². The molecule has 8 heteroatoms. The van der Waals surface area contributed by atoms with E-state index < -0.39 is 17.5 Å². The van der Waals surface area contributed by atoms with Gasteiger partial charge in [-0.3, -0.25) is 4.99 Å². The molecule has 0 fully saturated rings. The smallest absolute Gasteiger partial charge is 0.193 e. The summed E-state index contributed by atoms with van der Waals surface area (Å²) in [4.78, 5) is 5.97. The summed E-state index contributed by atoms with van der Waals surface area (Å²) in [7, 11) is 4.84. The third-order valence-corrected chi connectivity index (χ3v) is 3.92. The van der Waals surface area contributed by atoms with Gasteiger partial charge in [0.1, 0.15) is 0 Å². The van der Waals surface area contributed by atoms with Gasteiger partial charge < -0.3 is 15.0 Å². The van der Waals surface area contributed by atoms with Crippen LogP contribution in [0.2, 0.25) is 0 Å². The van der Waals surface area contributed by atoms with Crippen molar-refractivity contribution in [1.82, 2.24) is 10.2 Å². The third-order valence-electron chi connectivity index (χ3n) is 3.92. The first-order valence-electron chi connectivity index (χ1n) is 8.13. The molecule has 0 saturated heterocycles. The number of methoxy groups -OCH3 is 1. The van der Waals surface area contributed by atoms with E-state index in [0.29, 0.717) is 31.0 Å². The largest absolute Gasteiger partial charge is 0.494 e. The molecule has 148 valence electrons. The molecular weight excluding hydrogens is 470 g/mol. The highest BCUT2D eigenvalue weighted by molar-refractivity contribution is 14.0. The van der Waals surface area contributed by atoms with Crippen molar-refractivity contribution in [2.24, 2.45) is 4.99 Å². The Morgan fingerprint density at radius 3 is 2.52 bits per heavy atom. The molecule has 2 rings (SSSR count). The van der Waals surface area contributed by atoms with Crippen molar-refractivity contribution < 1.29 is 17.9 Å². The minimum Gasteiger partial charge on any atom is -0.494 e. The summed E-state index contributed by atoms with van der Waals surface area (Å²) in [6.45, 7) is 0.809. The zero-order valence-electron chi connectivity index (χ0n) is 15.4. The lowest BCUT2D eigenvalue weighted by Crippen LogP contribution is -2.39. The van der Waals surface area contributed by atoms with Crippen LogP contribution in [0.15, 0.2) is 41.4 Å². The van der Waals surface area contributed by atoms with Crippen molar-refractivity contribution in [3.05, 3.63) is 65.0 Å². The summed E-state index contributed by atoms with van der Waals surface area (Å²) in [5.41, 5.74) is 1.05. The second-order valence-electron chi connectivity index (χ2n) is 5.76. The zero-order valence-corrected chi connectivity index (χ0v) is 17.8. The fourth-order valence-electron chi connectivity index (χ4n) is 2.59. The van der Waals surface area contributed by atoms with Gasteiger partial charge in [0, 0.05) is 27.2 Å². The second kappa shape index (κ2) is 11.0. The monoisotopic (exact) mass is 493 g/mol. The maximum atomic E-state index is 13.8. The number of rotatable bonds is 6. The lowest BCUT2D eigenvalue weighted by molar-refractivity contribution is 0.385. The Kier molecular flexibility index (Phi) is 9.40. The SMILES string of the molecule is CN=C(NCCc1cccc(F)c1F)N(C)Cc1ccc(OC)c(F)c1.I. The number of ether oxygens (including phenoxy) is 1. The van der Waals surface area contributed by atoms with Crippen LogP contribution in [-0.4, -0.2) is 38.6 Å². The lowest BCUT2D eigenvalue weighted by atomic mass is 10.1. The highest BCUT2D eigenvalue weighted by Gasteiger charge is 2.11. The zero-order chi connectivity index (χ0) is 19.1. The molecule has 0 amide bonds. The van der Waals surface area contributed by atoms with Gasteiger partial charge in [0.2, 0.25) is 0 Å². The van der Waals surface area contributed by atoms with Crippen molar-refractivity contribution >= 4 is 29.9 Å². The van der Waals surface area contributed by atoms with Crippen LogP contribution in [0.25, 0.3) is 0 Å². The van der Waals surface area contributed by atoms with E-state index in [1.807, 2.05) is 4.90 Å². The number of nitrogens with zero attached hydrogens (tertiary/aromatic N) is 2. The molecule has 0 bridgehead atoms. The Hall–Kier alpha value is -1.97. The maximum absolute atomic E-state index is 13.8. The van der Waals surface area contributed by atoms with Crippen LogP contribution in [0, 0.1) is 17.5 Å². The summed E-state index contributed by atoms with van der Waals surface area (Å²) < 4.78 is 45.6. The van der Waals surface area contributed by atoms with Crippen LogP contribution in [0.3, 0.4) is 0 Å². The summed E-state index contributed by atoms with van der Waals surface area (Å²) in [5, 5.41) is 3.09. The van der Waals surface area contributed by atoms with Crippen molar-refractivity contribution in [2.75, 3.05) is 27.7 Å². The number of aliphatic imine (C=N–C) groups is 1. The highest BCUT2D eigenvalue weighted by Crippen LogP contribution is 2.18. The van der Waals surface area contributed by atoms with Crippen molar-refractivity contribution in [3.63, 3.8) is 0 Å². The molecule has 0 spiro atoms. The molecule has 0 aliphatic rings. The Morgan fingerprint density at radius 2 is 1.89 bits per heavy atom.